The molecule has 1 amide bonds. The van der Waals surface area contributed by atoms with Crippen molar-refractivity contribution in [2.24, 2.45) is 5.92 Å². The molecule has 2 aromatic rings. The van der Waals surface area contributed by atoms with E-state index in [0.29, 0.717) is 12.3 Å². The molecule has 1 aromatic carbocycles. The van der Waals surface area contributed by atoms with Gasteiger partial charge in [0.25, 0.3) is 0 Å². The first kappa shape index (κ1) is 19.7. The molecule has 0 spiro atoms. The molecule has 0 radical (unpaired) electrons. The molecule has 7 heteroatoms. The van der Waals surface area contributed by atoms with E-state index in [2.05, 4.69) is 65.1 Å². The molecular formula is C20H29N5OS. The highest BCUT2D eigenvalue weighted by Gasteiger charge is 2.21. The van der Waals surface area contributed by atoms with Crippen molar-refractivity contribution in [2.45, 2.75) is 51.9 Å². The molecule has 1 aliphatic heterocycles. The zero-order valence-corrected chi connectivity index (χ0v) is 17.3. The van der Waals surface area contributed by atoms with Crippen LogP contribution < -0.4 is 5.32 Å². The van der Waals surface area contributed by atoms with E-state index >= 15 is 0 Å². The van der Waals surface area contributed by atoms with Crippen LogP contribution in [0.2, 0.25) is 0 Å². The fraction of sp³-hybridized carbons (Fsp3) is 0.550. The number of carbonyl (C=O) groups excluding carboxylic acids is 1. The standard InChI is InChI=1S/C20H29N5OS/c1-4-25-18(13-21-17-7-5-15(2)6-8-17)22-23-20(25)27-14-19(26)24-11-9-16(3)10-12-24/h5-8,16,21H,4,9-14H2,1-3H3. The van der Waals surface area contributed by atoms with Gasteiger partial charge in [-0.3, -0.25) is 4.79 Å². The maximum atomic E-state index is 12.5. The Balaban J connectivity index is 1.55. The molecule has 146 valence electrons. The van der Waals surface area contributed by atoms with Crippen molar-refractivity contribution in [3.05, 3.63) is 35.7 Å². The summed E-state index contributed by atoms with van der Waals surface area (Å²) >= 11 is 1.49. The molecule has 6 nitrogen and oxygen atoms in total. The lowest BCUT2D eigenvalue weighted by atomic mass is 9.99. The number of amides is 1. The fourth-order valence-electron chi connectivity index (χ4n) is 3.20. The minimum atomic E-state index is 0.205. The minimum absolute atomic E-state index is 0.205. The predicted octanol–water partition coefficient (Wildman–Crippen LogP) is 3.57. The van der Waals surface area contributed by atoms with Crippen LogP contribution in [0.5, 0.6) is 0 Å². The fourth-order valence-corrected chi connectivity index (χ4v) is 4.13. The third-order valence-electron chi connectivity index (χ3n) is 5.07. The number of carbonyl (C=O) groups is 1. The summed E-state index contributed by atoms with van der Waals surface area (Å²) < 4.78 is 2.08. The van der Waals surface area contributed by atoms with E-state index in [1.165, 1.54) is 17.3 Å². The Morgan fingerprint density at radius 2 is 1.93 bits per heavy atom. The Morgan fingerprint density at radius 1 is 1.22 bits per heavy atom. The van der Waals surface area contributed by atoms with Gasteiger partial charge >= 0.3 is 0 Å². The number of likely N-dealkylation sites (tertiary alicyclic amines) is 1. The van der Waals surface area contributed by atoms with Gasteiger partial charge in [0.15, 0.2) is 11.0 Å². The average Bonchev–Trinajstić information content (AvgIpc) is 3.08. The summed E-state index contributed by atoms with van der Waals surface area (Å²) in [5.74, 6) is 2.25. The molecule has 0 aliphatic carbocycles. The number of aryl methyl sites for hydroxylation is 1. The van der Waals surface area contributed by atoms with E-state index in [0.717, 1.165) is 55.1 Å². The normalized spacial score (nSPS) is 15.1. The predicted molar refractivity (Wildman–Crippen MR) is 110 cm³/mol. The number of thioether (sulfide) groups is 1. The van der Waals surface area contributed by atoms with Crippen molar-refractivity contribution in [1.82, 2.24) is 19.7 Å². The molecule has 1 fully saturated rings. The summed E-state index contributed by atoms with van der Waals surface area (Å²) in [5.41, 5.74) is 2.30. The zero-order chi connectivity index (χ0) is 19.2. The minimum Gasteiger partial charge on any atom is -0.378 e. The van der Waals surface area contributed by atoms with Gasteiger partial charge in [0.05, 0.1) is 12.3 Å². The number of hydrogen-bond donors (Lipinski definition) is 1. The summed E-state index contributed by atoms with van der Waals surface area (Å²) in [6.45, 7) is 9.58. The molecule has 1 N–H and O–H groups in total. The first-order chi connectivity index (χ1) is 13.1. The highest BCUT2D eigenvalue weighted by molar-refractivity contribution is 7.99. The molecule has 0 bridgehead atoms. The average molecular weight is 388 g/mol. The zero-order valence-electron chi connectivity index (χ0n) is 16.4. The van der Waals surface area contributed by atoms with E-state index in [-0.39, 0.29) is 5.91 Å². The number of nitrogens with zero attached hydrogens (tertiary/aromatic N) is 4. The SMILES string of the molecule is CCn1c(CNc2ccc(C)cc2)nnc1SCC(=O)N1CCC(C)CC1. The number of anilines is 1. The third-order valence-corrected chi connectivity index (χ3v) is 6.02. The van der Waals surface area contributed by atoms with Crippen LogP contribution in [0.25, 0.3) is 0 Å². The van der Waals surface area contributed by atoms with Crippen molar-refractivity contribution in [3.63, 3.8) is 0 Å². The maximum Gasteiger partial charge on any atom is 0.233 e. The molecule has 0 saturated carbocycles. The molecule has 1 aliphatic rings. The van der Waals surface area contributed by atoms with Crippen LogP contribution in [-0.2, 0) is 17.9 Å². The van der Waals surface area contributed by atoms with Gasteiger partial charge in [0.1, 0.15) is 0 Å². The van der Waals surface area contributed by atoms with Crippen LogP contribution in [0.4, 0.5) is 5.69 Å². The van der Waals surface area contributed by atoms with Gasteiger partial charge in [-0.25, -0.2) is 0 Å². The number of benzene rings is 1. The summed E-state index contributed by atoms with van der Waals surface area (Å²) in [7, 11) is 0. The van der Waals surface area contributed by atoms with Crippen LogP contribution in [0, 0.1) is 12.8 Å². The van der Waals surface area contributed by atoms with E-state index in [1.807, 2.05) is 4.90 Å². The number of piperidine rings is 1. The van der Waals surface area contributed by atoms with Crippen LogP contribution in [0.3, 0.4) is 0 Å². The van der Waals surface area contributed by atoms with Crippen LogP contribution >= 0.6 is 11.8 Å². The van der Waals surface area contributed by atoms with Gasteiger partial charge in [-0.2, -0.15) is 0 Å². The van der Waals surface area contributed by atoms with E-state index in [1.54, 1.807) is 0 Å². The number of aromatic nitrogens is 3. The highest BCUT2D eigenvalue weighted by Crippen LogP contribution is 2.21. The summed E-state index contributed by atoms with van der Waals surface area (Å²) in [5, 5.41) is 12.8. The second-order valence-electron chi connectivity index (χ2n) is 7.21. The summed E-state index contributed by atoms with van der Waals surface area (Å²) in [4.78, 5) is 14.4. The van der Waals surface area contributed by atoms with E-state index in [4.69, 9.17) is 0 Å². The Bertz CT molecular complexity index is 750. The number of nitrogens with one attached hydrogen (secondary N) is 1. The van der Waals surface area contributed by atoms with Gasteiger partial charge in [-0.15, -0.1) is 10.2 Å². The van der Waals surface area contributed by atoms with Gasteiger partial charge in [0, 0.05) is 25.3 Å². The van der Waals surface area contributed by atoms with Crippen LogP contribution in [-0.4, -0.2) is 44.4 Å². The molecule has 27 heavy (non-hydrogen) atoms. The van der Waals surface area contributed by atoms with Crippen LogP contribution in [0.1, 0.15) is 38.1 Å². The second-order valence-corrected chi connectivity index (χ2v) is 8.16. The molecule has 0 unspecified atom stereocenters. The topological polar surface area (TPSA) is 63.1 Å². The van der Waals surface area contributed by atoms with Crippen molar-refractivity contribution in [3.8, 4) is 0 Å². The Labute approximate surface area is 165 Å². The molecule has 1 aromatic heterocycles. The lowest BCUT2D eigenvalue weighted by molar-refractivity contribution is -0.129. The largest absolute Gasteiger partial charge is 0.378 e. The first-order valence-corrected chi connectivity index (χ1v) is 10.7. The summed E-state index contributed by atoms with van der Waals surface area (Å²) in [6.07, 6.45) is 2.22. The highest BCUT2D eigenvalue weighted by atomic mass is 32.2. The monoisotopic (exact) mass is 387 g/mol. The lowest BCUT2D eigenvalue weighted by Gasteiger charge is -2.30. The quantitative estimate of drug-likeness (QED) is 0.736. The second kappa shape index (κ2) is 9.26. The van der Waals surface area contributed by atoms with Crippen molar-refractivity contribution < 1.29 is 4.79 Å². The molecule has 1 saturated heterocycles. The Hall–Kier alpha value is -2.02. The maximum absolute atomic E-state index is 12.5. The molecular weight excluding hydrogens is 358 g/mol. The summed E-state index contributed by atoms with van der Waals surface area (Å²) in [6, 6.07) is 8.30. The van der Waals surface area contributed by atoms with E-state index in [9.17, 15) is 4.79 Å². The van der Waals surface area contributed by atoms with E-state index < -0.39 is 0 Å². The van der Waals surface area contributed by atoms with Crippen molar-refractivity contribution in [1.29, 1.82) is 0 Å². The van der Waals surface area contributed by atoms with Gasteiger partial charge in [-0.1, -0.05) is 36.4 Å². The van der Waals surface area contributed by atoms with Gasteiger partial charge < -0.3 is 14.8 Å². The van der Waals surface area contributed by atoms with Crippen LogP contribution in [0.15, 0.2) is 29.4 Å². The Morgan fingerprint density at radius 3 is 2.59 bits per heavy atom. The van der Waals surface area contributed by atoms with Gasteiger partial charge in [0.2, 0.25) is 5.91 Å². The molecule has 0 atom stereocenters. The molecule has 3 rings (SSSR count). The van der Waals surface area contributed by atoms with Crippen molar-refractivity contribution >= 4 is 23.4 Å². The first-order valence-electron chi connectivity index (χ1n) is 9.70. The lowest BCUT2D eigenvalue weighted by Crippen LogP contribution is -2.38. The Kier molecular flexibility index (Phi) is 6.77. The number of hydrogen-bond acceptors (Lipinski definition) is 5. The van der Waals surface area contributed by atoms with Crippen molar-refractivity contribution in [2.75, 3.05) is 24.2 Å². The number of rotatable bonds is 7. The third kappa shape index (κ3) is 5.25. The smallest absolute Gasteiger partial charge is 0.233 e. The van der Waals surface area contributed by atoms with Gasteiger partial charge in [-0.05, 0) is 44.7 Å². The molecule has 2 heterocycles.